The summed E-state index contributed by atoms with van der Waals surface area (Å²) in [5, 5.41) is 10.8. The van der Waals surface area contributed by atoms with Crippen LogP contribution in [-0.4, -0.2) is 0 Å². The summed E-state index contributed by atoms with van der Waals surface area (Å²) in [5.74, 6) is 0.594. The number of benzene rings is 3. The lowest BCUT2D eigenvalue weighted by Crippen LogP contribution is -1.79. The minimum atomic E-state index is -1.64. The Balaban J connectivity index is 1.89. The van der Waals surface area contributed by atoms with E-state index in [2.05, 4.69) is 6.07 Å². The van der Waals surface area contributed by atoms with Crippen molar-refractivity contribution in [1.29, 1.82) is 5.26 Å². The van der Waals surface area contributed by atoms with Crippen LogP contribution >= 0.6 is 8.24 Å². The van der Waals surface area contributed by atoms with Crippen molar-refractivity contribution in [3.05, 3.63) is 78.4 Å². The molecular formula is C19H12NO3P. The smallest absolute Gasteiger partial charge is 0.391 e. The van der Waals surface area contributed by atoms with E-state index in [1.165, 1.54) is 0 Å². The van der Waals surface area contributed by atoms with Gasteiger partial charge in [-0.1, -0.05) is 36.4 Å². The van der Waals surface area contributed by atoms with Gasteiger partial charge in [0.1, 0.15) is 16.9 Å². The Morgan fingerprint density at radius 3 is 1.83 bits per heavy atom. The quantitative estimate of drug-likeness (QED) is 0.451. The maximum atomic E-state index is 8.87. The standard InChI is InChI=1S/C19H12NO3P/c20-13-14-9-11-15(12-10-14)21-24-22-18-7-3-1-5-16(18)17-6-2-4-8-19(17)23-24/h1-12H. The first-order valence-corrected chi connectivity index (χ1v) is 8.46. The first kappa shape index (κ1) is 14.4. The normalized spacial score (nSPS) is 10.5. The van der Waals surface area contributed by atoms with E-state index >= 15 is 0 Å². The van der Waals surface area contributed by atoms with Crippen LogP contribution in [0.3, 0.4) is 0 Å². The van der Waals surface area contributed by atoms with Gasteiger partial charge < -0.3 is 12.9 Å². The molecule has 1 aromatic heterocycles. The summed E-state index contributed by atoms with van der Waals surface area (Å²) in [6.45, 7) is 0. The van der Waals surface area contributed by atoms with E-state index in [0.29, 0.717) is 11.3 Å². The molecule has 0 N–H and O–H groups in total. The average Bonchev–Trinajstić information content (AvgIpc) is 2.78. The summed E-state index contributed by atoms with van der Waals surface area (Å²) in [6, 6.07) is 24.5. The Labute approximate surface area is 139 Å². The number of para-hydroxylation sites is 2. The fourth-order valence-electron chi connectivity index (χ4n) is 2.43. The van der Waals surface area contributed by atoms with Gasteiger partial charge in [0.05, 0.1) is 11.6 Å². The molecular weight excluding hydrogens is 321 g/mol. The average molecular weight is 333 g/mol. The lowest BCUT2D eigenvalue weighted by atomic mass is 10.1. The molecule has 5 heteroatoms. The first-order valence-electron chi connectivity index (χ1n) is 7.36. The summed E-state index contributed by atoms with van der Waals surface area (Å²) in [4.78, 5) is 0. The fraction of sp³-hybridized carbons (Fsp3) is 0. The van der Waals surface area contributed by atoms with Gasteiger partial charge in [0.15, 0.2) is 0 Å². The van der Waals surface area contributed by atoms with Crippen LogP contribution in [-0.2, 0) is 0 Å². The Bertz CT molecular complexity index is 1040. The molecule has 0 saturated carbocycles. The lowest BCUT2D eigenvalue weighted by Gasteiger charge is -2.01. The zero-order valence-corrected chi connectivity index (χ0v) is 13.4. The second kappa shape index (κ2) is 6.16. The third-order valence-electron chi connectivity index (χ3n) is 3.57. The van der Waals surface area contributed by atoms with Crippen molar-refractivity contribution in [3.8, 4) is 11.8 Å². The van der Waals surface area contributed by atoms with Crippen LogP contribution in [0.25, 0.3) is 21.9 Å². The SMILES string of the molecule is N#Cc1ccc(Op2oc3ccccc3c3ccccc3o2)cc1. The van der Waals surface area contributed by atoms with E-state index in [1.807, 2.05) is 48.5 Å². The van der Waals surface area contributed by atoms with Gasteiger partial charge >= 0.3 is 8.24 Å². The van der Waals surface area contributed by atoms with Crippen LogP contribution in [0.4, 0.5) is 0 Å². The van der Waals surface area contributed by atoms with Gasteiger partial charge in [0, 0.05) is 10.8 Å². The molecule has 3 aromatic carbocycles. The van der Waals surface area contributed by atoms with E-state index in [0.717, 1.165) is 21.9 Å². The Hall–Kier alpha value is -3.15. The number of hydrogen-bond acceptors (Lipinski definition) is 4. The van der Waals surface area contributed by atoms with Crippen molar-refractivity contribution < 1.29 is 12.9 Å². The van der Waals surface area contributed by atoms with E-state index in [4.69, 9.17) is 18.2 Å². The molecule has 0 aliphatic heterocycles. The molecule has 4 rings (SSSR count). The molecule has 0 atom stereocenters. The first-order chi connectivity index (χ1) is 11.8. The molecule has 4 aromatic rings. The molecule has 0 aliphatic carbocycles. The number of nitriles is 1. The molecule has 1 heterocycles. The van der Waals surface area contributed by atoms with Crippen molar-refractivity contribution in [2.75, 3.05) is 0 Å². The largest absolute Gasteiger partial charge is 0.453 e. The summed E-state index contributed by atoms with van der Waals surface area (Å²) < 4.78 is 17.8. The molecule has 4 nitrogen and oxygen atoms in total. The maximum absolute atomic E-state index is 8.87. The predicted molar refractivity (Wildman–Crippen MR) is 93.5 cm³/mol. The topological polar surface area (TPSA) is 59.3 Å². The molecule has 0 bridgehead atoms. The molecule has 0 fully saturated rings. The van der Waals surface area contributed by atoms with Gasteiger partial charge in [-0.2, -0.15) is 5.26 Å². The number of rotatable bonds is 2. The summed E-state index contributed by atoms with van der Waals surface area (Å²) in [7, 11) is -1.64. The van der Waals surface area contributed by atoms with Gasteiger partial charge in [-0.3, -0.25) is 0 Å². The van der Waals surface area contributed by atoms with Crippen LogP contribution in [0.2, 0.25) is 0 Å². The van der Waals surface area contributed by atoms with Crippen LogP contribution < -0.4 is 4.52 Å². The zero-order chi connectivity index (χ0) is 16.4. The number of fused-ring (bicyclic) bond motifs is 3. The summed E-state index contributed by atoms with van der Waals surface area (Å²) in [6.07, 6.45) is 0. The van der Waals surface area contributed by atoms with E-state index in [9.17, 15) is 0 Å². The zero-order valence-electron chi connectivity index (χ0n) is 12.5. The number of hydrogen-bond donors (Lipinski definition) is 0. The highest BCUT2D eigenvalue weighted by molar-refractivity contribution is 7.32. The highest BCUT2D eigenvalue weighted by Crippen LogP contribution is 2.36. The van der Waals surface area contributed by atoms with Gasteiger partial charge in [-0.05, 0) is 36.4 Å². The van der Waals surface area contributed by atoms with Gasteiger partial charge in [0.2, 0.25) is 0 Å². The van der Waals surface area contributed by atoms with E-state index in [-0.39, 0.29) is 0 Å². The summed E-state index contributed by atoms with van der Waals surface area (Å²) in [5.41, 5.74) is 2.03. The van der Waals surface area contributed by atoms with Crippen molar-refractivity contribution in [3.63, 3.8) is 0 Å². The minimum Gasteiger partial charge on any atom is -0.391 e. The molecule has 0 aliphatic rings. The molecule has 0 amide bonds. The van der Waals surface area contributed by atoms with E-state index < -0.39 is 8.24 Å². The third kappa shape index (κ3) is 2.74. The Kier molecular flexibility index (Phi) is 3.70. The van der Waals surface area contributed by atoms with Gasteiger partial charge in [-0.15, -0.1) is 0 Å². The second-order valence-electron chi connectivity index (χ2n) is 5.13. The fourth-order valence-corrected chi connectivity index (χ4v) is 3.48. The molecule has 0 spiro atoms. The highest BCUT2D eigenvalue weighted by Gasteiger charge is 2.07. The van der Waals surface area contributed by atoms with Crippen molar-refractivity contribution in [2.24, 2.45) is 0 Å². The highest BCUT2D eigenvalue weighted by atomic mass is 31.1. The van der Waals surface area contributed by atoms with Gasteiger partial charge in [0.25, 0.3) is 0 Å². The summed E-state index contributed by atoms with van der Waals surface area (Å²) >= 11 is 0. The minimum absolute atomic E-state index is 0.577. The van der Waals surface area contributed by atoms with Crippen LogP contribution in [0, 0.1) is 11.3 Å². The van der Waals surface area contributed by atoms with Crippen molar-refractivity contribution >= 4 is 30.2 Å². The predicted octanol–water partition coefficient (Wildman–Crippen LogP) is 6.00. The maximum Gasteiger partial charge on any atom is 0.453 e. The second-order valence-corrected chi connectivity index (χ2v) is 6.12. The molecule has 116 valence electrons. The Morgan fingerprint density at radius 2 is 1.29 bits per heavy atom. The lowest BCUT2D eigenvalue weighted by molar-refractivity contribution is 0.498. The van der Waals surface area contributed by atoms with Gasteiger partial charge in [-0.25, -0.2) is 0 Å². The third-order valence-corrected chi connectivity index (χ3v) is 4.62. The van der Waals surface area contributed by atoms with Crippen LogP contribution in [0.5, 0.6) is 5.75 Å². The van der Waals surface area contributed by atoms with E-state index in [1.54, 1.807) is 24.3 Å². The van der Waals surface area contributed by atoms with Crippen molar-refractivity contribution in [2.45, 2.75) is 0 Å². The van der Waals surface area contributed by atoms with Crippen molar-refractivity contribution in [1.82, 2.24) is 0 Å². The Morgan fingerprint density at radius 1 is 0.750 bits per heavy atom. The molecule has 0 saturated heterocycles. The monoisotopic (exact) mass is 333 g/mol. The van der Waals surface area contributed by atoms with Crippen LogP contribution in [0.15, 0.2) is 81.2 Å². The number of nitrogens with zero attached hydrogens (tertiary/aromatic N) is 1. The van der Waals surface area contributed by atoms with Crippen LogP contribution in [0.1, 0.15) is 5.56 Å². The molecule has 0 unspecified atom stereocenters. The molecule has 24 heavy (non-hydrogen) atoms. The molecule has 0 radical (unpaired) electrons.